The number of halogens is 3. The minimum Gasteiger partial charge on any atom is -0.432 e. The Balaban J connectivity index is 2.45. The third-order valence-corrected chi connectivity index (χ3v) is 2.86. The number of aromatic nitrogens is 1. The van der Waals surface area contributed by atoms with Crippen LogP contribution >= 0.6 is 34.8 Å². The molecule has 2 rings (SSSR count). The van der Waals surface area contributed by atoms with Gasteiger partial charge in [-0.05, 0) is 18.2 Å². The second-order valence-corrected chi connectivity index (χ2v) is 4.62. The number of nitrogens with zero attached hydrogens (tertiary/aromatic N) is 2. The van der Waals surface area contributed by atoms with E-state index in [0.29, 0.717) is 5.02 Å². The van der Waals surface area contributed by atoms with Crippen LogP contribution in [0.2, 0.25) is 15.2 Å². The molecule has 1 heterocycles. The zero-order valence-corrected chi connectivity index (χ0v) is 11.4. The molecule has 0 aliphatic rings. The molecule has 0 bridgehead atoms. The van der Waals surface area contributed by atoms with Crippen molar-refractivity contribution in [3.63, 3.8) is 0 Å². The van der Waals surface area contributed by atoms with Gasteiger partial charge in [0.2, 0.25) is 0 Å². The van der Waals surface area contributed by atoms with Crippen molar-refractivity contribution >= 4 is 40.5 Å². The first kappa shape index (κ1) is 13.9. The summed E-state index contributed by atoms with van der Waals surface area (Å²) in [5.74, 6) is -0.0892. The van der Waals surface area contributed by atoms with Gasteiger partial charge in [-0.3, -0.25) is 10.1 Å². The molecule has 0 saturated heterocycles. The third kappa shape index (κ3) is 3.26. The maximum absolute atomic E-state index is 10.9. The summed E-state index contributed by atoms with van der Waals surface area (Å²) < 4.78 is 5.31. The van der Waals surface area contributed by atoms with Gasteiger partial charge in [-0.25, -0.2) is 0 Å². The zero-order chi connectivity index (χ0) is 14.0. The fourth-order valence-corrected chi connectivity index (χ4v) is 1.74. The molecule has 19 heavy (non-hydrogen) atoms. The molecular formula is C11H5Cl3N2O3. The molecule has 0 atom stereocenters. The Hall–Kier alpha value is -1.56. The largest absolute Gasteiger partial charge is 0.432 e. The molecule has 0 spiro atoms. The first-order valence-electron chi connectivity index (χ1n) is 4.91. The van der Waals surface area contributed by atoms with Crippen molar-refractivity contribution in [2.75, 3.05) is 0 Å². The van der Waals surface area contributed by atoms with E-state index in [1.54, 1.807) is 6.07 Å². The summed E-state index contributed by atoms with van der Waals surface area (Å²) in [5.41, 5.74) is -0.319. The SMILES string of the molecule is O=[N+]([O-])c1ccc(Cl)nc1Oc1cc(Cl)ccc1Cl. The molecule has 0 aliphatic carbocycles. The zero-order valence-electron chi connectivity index (χ0n) is 9.14. The summed E-state index contributed by atoms with van der Waals surface area (Å²) >= 11 is 17.4. The molecule has 0 N–H and O–H groups in total. The number of hydrogen-bond donors (Lipinski definition) is 0. The normalized spacial score (nSPS) is 10.3. The topological polar surface area (TPSA) is 65.3 Å². The smallest absolute Gasteiger partial charge is 0.331 e. The Morgan fingerprint density at radius 1 is 1.16 bits per heavy atom. The van der Waals surface area contributed by atoms with E-state index in [1.165, 1.54) is 24.3 Å². The van der Waals surface area contributed by atoms with Crippen molar-refractivity contribution in [1.82, 2.24) is 4.98 Å². The lowest BCUT2D eigenvalue weighted by atomic mass is 10.3. The monoisotopic (exact) mass is 318 g/mol. The minimum atomic E-state index is -0.628. The number of benzene rings is 1. The van der Waals surface area contributed by atoms with Crippen LogP contribution in [0.5, 0.6) is 11.6 Å². The highest BCUT2D eigenvalue weighted by molar-refractivity contribution is 6.34. The molecular weight excluding hydrogens is 314 g/mol. The molecule has 0 fully saturated rings. The molecule has 2 aromatic rings. The molecule has 8 heteroatoms. The predicted octanol–water partition coefficient (Wildman–Crippen LogP) is 4.74. The maximum atomic E-state index is 10.9. The van der Waals surface area contributed by atoms with Crippen molar-refractivity contribution < 1.29 is 9.66 Å². The molecule has 0 saturated carbocycles. The van der Waals surface area contributed by atoms with Crippen molar-refractivity contribution in [2.45, 2.75) is 0 Å². The predicted molar refractivity (Wildman–Crippen MR) is 72.4 cm³/mol. The van der Waals surface area contributed by atoms with Gasteiger partial charge >= 0.3 is 11.6 Å². The standard InChI is InChI=1S/C11H5Cl3N2O3/c12-6-1-2-7(13)9(5-6)19-11-8(16(17)18)3-4-10(14)15-11/h1-5H. The fourth-order valence-electron chi connectivity index (χ4n) is 1.28. The molecule has 0 unspecified atom stereocenters. The van der Waals surface area contributed by atoms with E-state index >= 15 is 0 Å². The van der Waals surface area contributed by atoms with Gasteiger partial charge in [0.25, 0.3) is 0 Å². The highest BCUT2D eigenvalue weighted by Gasteiger charge is 2.19. The average molecular weight is 320 g/mol. The lowest BCUT2D eigenvalue weighted by molar-refractivity contribution is -0.386. The van der Waals surface area contributed by atoms with Crippen LogP contribution in [0.25, 0.3) is 0 Å². The molecule has 0 amide bonds. The van der Waals surface area contributed by atoms with Crippen LogP contribution in [0.1, 0.15) is 0 Å². The second-order valence-electron chi connectivity index (χ2n) is 3.39. The van der Waals surface area contributed by atoms with Gasteiger partial charge in [0.15, 0.2) is 0 Å². The second kappa shape index (κ2) is 5.61. The summed E-state index contributed by atoms with van der Waals surface area (Å²) in [4.78, 5) is 14.0. The van der Waals surface area contributed by atoms with Crippen LogP contribution in [0.3, 0.4) is 0 Å². The van der Waals surface area contributed by atoms with Crippen molar-refractivity contribution in [1.29, 1.82) is 0 Å². The Bertz CT molecular complexity index is 649. The first-order valence-corrected chi connectivity index (χ1v) is 6.04. The van der Waals surface area contributed by atoms with E-state index in [2.05, 4.69) is 4.98 Å². The van der Waals surface area contributed by atoms with Gasteiger partial charge in [-0.1, -0.05) is 34.8 Å². The van der Waals surface area contributed by atoms with Gasteiger partial charge in [0.1, 0.15) is 10.9 Å². The van der Waals surface area contributed by atoms with E-state index in [4.69, 9.17) is 39.5 Å². The Kier molecular flexibility index (Phi) is 4.09. The van der Waals surface area contributed by atoms with E-state index < -0.39 is 4.92 Å². The fraction of sp³-hybridized carbons (Fsp3) is 0. The van der Waals surface area contributed by atoms with Gasteiger partial charge in [0.05, 0.1) is 9.95 Å². The lowest BCUT2D eigenvalue weighted by Crippen LogP contribution is -1.96. The van der Waals surface area contributed by atoms with E-state index in [0.717, 1.165) is 0 Å². The van der Waals surface area contributed by atoms with Crippen molar-refractivity contribution in [2.24, 2.45) is 0 Å². The number of rotatable bonds is 3. The third-order valence-electron chi connectivity index (χ3n) is 2.10. The van der Waals surface area contributed by atoms with Crippen LogP contribution in [0, 0.1) is 10.1 Å². The number of hydrogen-bond acceptors (Lipinski definition) is 4. The lowest BCUT2D eigenvalue weighted by Gasteiger charge is -2.07. The molecule has 0 radical (unpaired) electrons. The molecule has 1 aromatic carbocycles. The number of ether oxygens (including phenoxy) is 1. The molecule has 1 aromatic heterocycles. The maximum Gasteiger partial charge on any atom is 0.331 e. The Morgan fingerprint density at radius 2 is 1.89 bits per heavy atom. The first-order chi connectivity index (χ1) is 8.97. The van der Waals surface area contributed by atoms with Gasteiger partial charge in [0, 0.05) is 17.2 Å². The summed E-state index contributed by atoms with van der Waals surface area (Å²) in [6.45, 7) is 0. The molecule has 98 valence electrons. The van der Waals surface area contributed by atoms with Crippen LogP contribution in [-0.4, -0.2) is 9.91 Å². The van der Waals surface area contributed by atoms with Crippen LogP contribution in [-0.2, 0) is 0 Å². The van der Waals surface area contributed by atoms with Gasteiger partial charge < -0.3 is 4.74 Å². The van der Waals surface area contributed by atoms with E-state index in [1.807, 2.05) is 0 Å². The van der Waals surface area contributed by atoms with Crippen molar-refractivity contribution in [3.05, 3.63) is 55.6 Å². The summed E-state index contributed by atoms with van der Waals surface area (Å²) in [6.07, 6.45) is 0. The highest BCUT2D eigenvalue weighted by atomic mass is 35.5. The molecule has 5 nitrogen and oxygen atoms in total. The summed E-state index contributed by atoms with van der Waals surface area (Å²) in [6, 6.07) is 7.00. The van der Waals surface area contributed by atoms with Crippen LogP contribution < -0.4 is 4.74 Å². The quantitative estimate of drug-likeness (QED) is 0.465. The average Bonchev–Trinajstić information content (AvgIpc) is 2.33. The Labute approximate surface area is 122 Å². The summed E-state index contributed by atoms with van der Waals surface area (Å²) in [5, 5.41) is 11.6. The van der Waals surface area contributed by atoms with Crippen LogP contribution in [0.4, 0.5) is 5.69 Å². The van der Waals surface area contributed by atoms with Gasteiger partial charge in [-0.2, -0.15) is 4.98 Å². The van der Waals surface area contributed by atoms with E-state index in [9.17, 15) is 10.1 Å². The van der Waals surface area contributed by atoms with E-state index in [-0.39, 0.29) is 27.5 Å². The highest BCUT2D eigenvalue weighted by Crippen LogP contribution is 2.35. The van der Waals surface area contributed by atoms with Gasteiger partial charge in [-0.15, -0.1) is 0 Å². The number of pyridine rings is 1. The molecule has 0 aliphatic heterocycles. The van der Waals surface area contributed by atoms with Crippen molar-refractivity contribution in [3.8, 4) is 11.6 Å². The Morgan fingerprint density at radius 3 is 2.58 bits per heavy atom. The summed E-state index contributed by atoms with van der Waals surface area (Å²) in [7, 11) is 0. The van der Waals surface area contributed by atoms with Crippen LogP contribution in [0.15, 0.2) is 30.3 Å². The minimum absolute atomic E-state index is 0.0683. The number of nitro groups is 1.